The number of hydrogen-bond acceptors (Lipinski definition) is 5. The zero-order valence-electron chi connectivity index (χ0n) is 9.89. The van der Waals surface area contributed by atoms with Crippen LogP contribution in [0.25, 0.3) is 0 Å². The Labute approximate surface area is 104 Å². The van der Waals surface area contributed by atoms with E-state index in [1.807, 2.05) is 0 Å². The highest BCUT2D eigenvalue weighted by molar-refractivity contribution is 8.13. The minimum atomic E-state index is -0.687. The summed E-state index contributed by atoms with van der Waals surface area (Å²) < 4.78 is 4.76. The minimum Gasteiger partial charge on any atom is -0.464 e. The van der Waals surface area contributed by atoms with Gasteiger partial charge in [-0.05, 0) is 13.8 Å². The van der Waals surface area contributed by atoms with Crippen molar-refractivity contribution in [3.63, 3.8) is 0 Å². The van der Waals surface area contributed by atoms with Gasteiger partial charge < -0.3 is 15.0 Å². The highest BCUT2D eigenvalue weighted by atomic mass is 32.2. The van der Waals surface area contributed by atoms with Crippen LogP contribution in [-0.2, 0) is 14.3 Å². The van der Waals surface area contributed by atoms with Gasteiger partial charge >= 0.3 is 5.97 Å². The van der Waals surface area contributed by atoms with E-state index in [0.29, 0.717) is 12.3 Å². The summed E-state index contributed by atoms with van der Waals surface area (Å²) in [5.41, 5.74) is 0. The van der Waals surface area contributed by atoms with Gasteiger partial charge in [-0.15, -0.1) is 0 Å². The number of rotatable bonds is 5. The Hall–Kier alpha value is -1.24. The largest absolute Gasteiger partial charge is 0.464 e. The zero-order chi connectivity index (χ0) is 12.8. The predicted molar refractivity (Wildman–Crippen MR) is 63.7 cm³/mol. The van der Waals surface area contributed by atoms with E-state index in [0.717, 1.165) is 0 Å². The summed E-state index contributed by atoms with van der Waals surface area (Å²) in [6.07, 6.45) is 0. The van der Waals surface area contributed by atoms with Crippen molar-refractivity contribution < 1.29 is 19.1 Å². The molecular weight excluding hydrogens is 244 g/mol. The quantitative estimate of drug-likeness (QED) is 0.716. The summed E-state index contributed by atoms with van der Waals surface area (Å²) in [4.78, 5) is 35.5. The highest BCUT2D eigenvalue weighted by Gasteiger charge is 2.24. The van der Waals surface area contributed by atoms with Crippen LogP contribution < -0.4 is 5.32 Å². The van der Waals surface area contributed by atoms with Crippen LogP contribution in [0, 0.1) is 0 Å². The molecule has 0 radical (unpaired) electrons. The van der Waals surface area contributed by atoms with Crippen LogP contribution in [-0.4, -0.2) is 53.5 Å². The second-order valence-electron chi connectivity index (χ2n) is 3.58. The number of carbonyl (C=O) groups is 3. The Morgan fingerprint density at radius 3 is 2.82 bits per heavy atom. The first-order chi connectivity index (χ1) is 8.04. The maximum Gasteiger partial charge on any atom is 0.328 e. The second kappa shape index (κ2) is 6.48. The summed E-state index contributed by atoms with van der Waals surface area (Å²) in [6.45, 7) is 4.10. The Bertz CT molecular complexity index is 321. The minimum absolute atomic E-state index is 0.00439. The van der Waals surface area contributed by atoms with Crippen molar-refractivity contribution >= 4 is 28.9 Å². The summed E-state index contributed by atoms with van der Waals surface area (Å²) in [6, 6.07) is -0.687. The Balaban J connectivity index is 2.33. The van der Waals surface area contributed by atoms with E-state index in [1.54, 1.807) is 13.8 Å². The van der Waals surface area contributed by atoms with Gasteiger partial charge in [0.25, 0.3) is 5.24 Å². The third-order valence-electron chi connectivity index (χ3n) is 2.20. The molecule has 0 aromatic rings. The molecule has 17 heavy (non-hydrogen) atoms. The number of amides is 2. The second-order valence-corrected chi connectivity index (χ2v) is 4.62. The average molecular weight is 260 g/mol. The summed E-state index contributed by atoms with van der Waals surface area (Å²) in [5.74, 6) is -0.108. The molecule has 1 aliphatic heterocycles. The summed E-state index contributed by atoms with van der Waals surface area (Å²) >= 11 is 1.20. The zero-order valence-corrected chi connectivity index (χ0v) is 10.7. The molecule has 0 bridgehead atoms. The molecule has 1 N–H and O–H groups in total. The molecule has 1 fully saturated rings. The van der Waals surface area contributed by atoms with Crippen LogP contribution in [0.1, 0.15) is 13.8 Å². The predicted octanol–water partition coefficient (Wildman–Crippen LogP) is 0.223. The Morgan fingerprint density at radius 2 is 2.29 bits per heavy atom. The van der Waals surface area contributed by atoms with Gasteiger partial charge in [0.2, 0.25) is 5.91 Å². The molecular formula is C10H16N2O4S. The molecule has 7 heteroatoms. The van der Waals surface area contributed by atoms with Crippen LogP contribution in [0.15, 0.2) is 0 Å². The SMILES string of the molecule is CCOC(=O)[C@H](C)NC(=O)CN1CCSC1=O. The summed E-state index contributed by atoms with van der Waals surface area (Å²) in [7, 11) is 0. The molecule has 6 nitrogen and oxygen atoms in total. The van der Waals surface area contributed by atoms with Gasteiger partial charge in [-0.2, -0.15) is 0 Å². The molecule has 1 atom stereocenters. The Morgan fingerprint density at radius 1 is 1.59 bits per heavy atom. The van der Waals surface area contributed by atoms with Gasteiger partial charge in [0, 0.05) is 12.3 Å². The Kier molecular flexibility index (Phi) is 5.27. The molecule has 0 unspecified atom stereocenters. The van der Waals surface area contributed by atoms with Crippen molar-refractivity contribution in [1.29, 1.82) is 0 Å². The maximum absolute atomic E-state index is 11.5. The monoisotopic (exact) mass is 260 g/mol. The van der Waals surface area contributed by atoms with Gasteiger partial charge in [-0.3, -0.25) is 9.59 Å². The molecule has 1 rings (SSSR count). The highest BCUT2D eigenvalue weighted by Crippen LogP contribution is 2.16. The average Bonchev–Trinajstić information content (AvgIpc) is 2.64. The summed E-state index contributed by atoms with van der Waals surface area (Å²) in [5, 5.41) is 2.40. The van der Waals surface area contributed by atoms with Crippen molar-refractivity contribution in [2.45, 2.75) is 19.9 Å². The number of ether oxygens (including phenoxy) is 1. The lowest BCUT2D eigenvalue weighted by molar-refractivity contribution is -0.146. The van der Waals surface area contributed by atoms with Crippen molar-refractivity contribution in [3.05, 3.63) is 0 Å². The first kappa shape index (κ1) is 13.8. The number of nitrogens with one attached hydrogen (secondary N) is 1. The number of hydrogen-bond donors (Lipinski definition) is 1. The van der Waals surface area contributed by atoms with Crippen LogP contribution in [0.4, 0.5) is 4.79 Å². The van der Waals surface area contributed by atoms with Crippen LogP contribution >= 0.6 is 11.8 Å². The molecule has 0 aromatic heterocycles. The van der Waals surface area contributed by atoms with Crippen molar-refractivity contribution in [1.82, 2.24) is 10.2 Å². The van der Waals surface area contributed by atoms with Crippen molar-refractivity contribution in [2.24, 2.45) is 0 Å². The standard InChI is InChI=1S/C10H16N2O4S/c1-3-16-9(14)7(2)11-8(13)6-12-4-5-17-10(12)15/h7H,3-6H2,1-2H3,(H,11,13)/t7-/m0/s1. The van der Waals surface area contributed by atoms with Crippen LogP contribution in [0.5, 0.6) is 0 Å². The molecule has 0 aliphatic carbocycles. The van der Waals surface area contributed by atoms with E-state index in [-0.39, 0.29) is 24.3 Å². The van der Waals surface area contributed by atoms with Gasteiger partial charge in [0.15, 0.2) is 0 Å². The topological polar surface area (TPSA) is 75.7 Å². The molecule has 1 saturated heterocycles. The van der Waals surface area contributed by atoms with E-state index in [9.17, 15) is 14.4 Å². The fourth-order valence-corrected chi connectivity index (χ4v) is 2.18. The van der Waals surface area contributed by atoms with Gasteiger partial charge in [0.05, 0.1) is 6.61 Å². The van der Waals surface area contributed by atoms with E-state index in [1.165, 1.54) is 16.7 Å². The van der Waals surface area contributed by atoms with Crippen molar-refractivity contribution in [2.75, 3.05) is 25.4 Å². The fourth-order valence-electron chi connectivity index (χ4n) is 1.36. The molecule has 96 valence electrons. The van der Waals surface area contributed by atoms with Crippen molar-refractivity contribution in [3.8, 4) is 0 Å². The lowest BCUT2D eigenvalue weighted by atomic mass is 10.3. The van der Waals surface area contributed by atoms with E-state index in [2.05, 4.69) is 5.32 Å². The molecule has 0 aromatic carbocycles. The maximum atomic E-state index is 11.5. The smallest absolute Gasteiger partial charge is 0.328 e. The van der Waals surface area contributed by atoms with Crippen LogP contribution in [0.3, 0.4) is 0 Å². The molecule has 0 spiro atoms. The number of thioether (sulfide) groups is 1. The first-order valence-corrected chi connectivity index (χ1v) is 6.40. The number of nitrogens with zero attached hydrogens (tertiary/aromatic N) is 1. The lowest BCUT2D eigenvalue weighted by Crippen LogP contribution is -2.44. The van der Waals surface area contributed by atoms with Gasteiger partial charge in [0.1, 0.15) is 12.6 Å². The van der Waals surface area contributed by atoms with E-state index >= 15 is 0 Å². The molecule has 2 amide bonds. The van der Waals surface area contributed by atoms with E-state index in [4.69, 9.17) is 4.74 Å². The normalized spacial score (nSPS) is 16.8. The third kappa shape index (κ3) is 4.26. The number of esters is 1. The molecule has 0 saturated carbocycles. The van der Waals surface area contributed by atoms with Gasteiger partial charge in [-0.1, -0.05) is 11.8 Å². The third-order valence-corrected chi connectivity index (χ3v) is 3.09. The van der Waals surface area contributed by atoms with Gasteiger partial charge in [-0.25, -0.2) is 4.79 Å². The number of carbonyl (C=O) groups excluding carboxylic acids is 3. The molecule has 1 heterocycles. The fraction of sp³-hybridized carbons (Fsp3) is 0.700. The molecule has 1 aliphatic rings. The first-order valence-electron chi connectivity index (χ1n) is 5.42. The van der Waals surface area contributed by atoms with Crippen LogP contribution in [0.2, 0.25) is 0 Å². The lowest BCUT2D eigenvalue weighted by Gasteiger charge is -2.16. The van der Waals surface area contributed by atoms with E-state index < -0.39 is 12.0 Å².